The summed E-state index contributed by atoms with van der Waals surface area (Å²) in [6, 6.07) is 1.81. The summed E-state index contributed by atoms with van der Waals surface area (Å²) in [5, 5.41) is 19.4. The highest BCUT2D eigenvalue weighted by atomic mass is 16.3. The molecule has 0 saturated heterocycles. The van der Waals surface area contributed by atoms with E-state index in [1.54, 1.807) is 13.8 Å². The fourth-order valence-corrected chi connectivity index (χ4v) is 2.98. The van der Waals surface area contributed by atoms with Crippen molar-refractivity contribution in [1.29, 1.82) is 5.26 Å². The van der Waals surface area contributed by atoms with Gasteiger partial charge in [-0.25, -0.2) is 4.85 Å². The van der Waals surface area contributed by atoms with Crippen LogP contribution in [0, 0.1) is 24.8 Å². The lowest BCUT2D eigenvalue weighted by atomic mass is 9.93. The molecular weight excluding hydrogens is 348 g/mol. The second kappa shape index (κ2) is 7.30. The van der Waals surface area contributed by atoms with Crippen molar-refractivity contribution in [1.82, 2.24) is 9.47 Å². The maximum atomic E-state index is 12.7. The standard InChI is InChI=1S/C19H18N4O4/c1-6-22-16(24)12(10(3)14(9-20)18(22)26)8-13-11(4)15(21-5)19(27)23(7-2)17(13)25/h8,27H,6-7H2,1-4H3/b12-8-. The summed E-state index contributed by atoms with van der Waals surface area (Å²) in [5.41, 5.74) is -0.312. The zero-order valence-corrected chi connectivity index (χ0v) is 15.5. The van der Waals surface area contributed by atoms with Crippen molar-refractivity contribution in [2.24, 2.45) is 0 Å². The molecule has 1 aliphatic rings. The van der Waals surface area contributed by atoms with Crippen molar-refractivity contribution >= 4 is 23.6 Å². The van der Waals surface area contributed by atoms with Crippen molar-refractivity contribution in [2.75, 3.05) is 6.54 Å². The van der Waals surface area contributed by atoms with Gasteiger partial charge in [-0.05, 0) is 44.9 Å². The molecule has 1 aromatic rings. The van der Waals surface area contributed by atoms with E-state index in [1.165, 1.54) is 19.9 Å². The molecule has 2 amide bonds. The highest BCUT2D eigenvalue weighted by Gasteiger charge is 2.34. The Labute approximate surface area is 156 Å². The van der Waals surface area contributed by atoms with Crippen LogP contribution < -0.4 is 5.56 Å². The van der Waals surface area contributed by atoms with Gasteiger partial charge in [0, 0.05) is 24.2 Å². The molecule has 138 valence electrons. The van der Waals surface area contributed by atoms with E-state index >= 15 is 0 Å². The molecule has 0 radical (unpaired) electrons. The smallest absolute Gasteiger partial charge is 0.271 e. The molecular formula is C19H18N4O4. The normalized spacial score (nSPS) is 15.9. The number of imide groups is 1. The zero-order chi connectivity index (χ0) is 20.5. The fraction of sp³-hybridized carbons (Fsp3) is 0.316. The van der Waals surface area contributed by atoms with Crippen LogP contribution in [0.1, 0.15) is 31.9 Å². The highest BCUT2D eigenvalue weighted by Crippen LogP contribution is 2.33. The first kappa shape index (κ1) is 19.7. The first-order valence-electron chi connectivity index (χ1n) is 8.28. The topological polar surface area (TPSA) is 108 Å². The first-order chi connectivity index (χ1) is 12.7. The molecule has 0 aromatic carbocycles. The number of hydrogen-bond acceptors (Lipinski definition) is 5. The van der Waals surface area contributed by atoms with Gasteiger partial charge in [-0.2, -0.15) is 5.26 Å². The van der Waals surface area contributed by atoms with Gasteiger partial charge in [0.25, 0.3) is 17.4 Å². The van der Waals surface area contributed by atoms with Crippen LogP contribution in [-0.4, -0.2) is 32.9 Å². The van der Waals surface area contributed by atoms with Gasteiger partial charge in [-0.15, -0.1) is 0 Å². The molecule has 1 aromatic heterocycles. The van der Waals surface area contributed by atoms with E-state index in [9.17, 15) is 24.8 Å². The van der Waals surface area contributed by atoms with Crippen molar-refractivity contribution in [2.45, 2.75) is 34.2 Å². The number of carbonyl (C=O) groups excluding carboxylic acids is 2. The maximum Gasteiger partial charge on any atom is 0.271 e. The molecule has 8 nitrogen and oxygen atoms in total. The molecule has 8 heteroatoms. The maximum absolute atomic E-state index is 12.7. The van der Waals surface area contributed by atoms with Crippen molar-refractivity contribution in [3.05, 3.63) is 49.6 Å². The van der Waals surface area contributed by atoms with Gasteiger partial charge < -0.3 is 5.11 Å². The molecule has 0 unspecified atom stereocenters. The van der Waals surface area contributed by atoms with Crippen molar-refractivity contribution < 1.29 is 14.7 Å². The van der Waals surface area contributed by atoms with E-state index in [0.29, 0.717) is 0 Å². The number of pyridine rings is 1. The Bertz CT molecular complexity index is 1060. The molecule has 2 rings (SSSR count). The Morgan fingerprint density at radius 1 is 1.19 bits per heavy atom. The third-order valence-corrected chi connectivity index (χ3v) is 4.56. The van der Waals surface area contributed by atoms with Crippen LogP contribution in [0.4, 0.5) is 5.69 Å². The number of amides is 2. The summed E-state index contributed by atoms with van der Waals surface area (Å²) in [4.78, 5) is 41.9. The lowest BCUT2D eigenvalue weighted by molar-refractivity contribution is -0.140. The second-order valence-electron chi connectivity index (χ2n) is 5.90. The summed E-state index contributed by atoms with van der Waals surface area (Å²) in [5.74, 6) is -1.71. The van der Waals surface area contributed by atoms with Crippen LogP contribution in [0.5, 0.6) is 5.88 Å². The van der Waals surface area contributed by atoms with Gasteiger partial charge in [0.05, 0.1) is 6.57 Å². The van der Waals surface area contributed by atoms with Gasteiger partial charge in [0.1, 0.15) is 11.6 Å². The Hall–Kier alpha value is -3.65. The number of nitriles is 1. The van der Waals surface area contributed by atoms with E-state index in [-0.39, 0.29) is 46.6 Å². The largest absolute Gasteiger partial charge is 0.503 e. The predicted octanol–water partition coefficient (Wildman–Crippen LogP) is 2.05. The Morgan fingerprint density at radius 2 is 1.81 bits per heavy atom. The van der Waals surface area contributed by atoms with Crippen molar-refractivity contribution in [3.8, 4) is 11.9 Å². The first-order valence-corrected chi connectivity index (χ1v) is 8.28. The van der Waals surface area contributed by atoms with Gasteiger partial charge in [0.15, 0.2) is 5.88 Å². The van der Waals surface area contributed by atoms with Gasteiger partial charge in [-0.1, -0.05) is 0 Å². The summed E-state index contributed by atoms with van der Waals surface area (Å²) in [6.45, 7) is 13.7. The number of aromatic nitrogens is 1. The zero-order valence-electron chi connectivity index (χ0n) is 15.5. The Kier molecular flexibility index (Phi) is 5.32. The summed E-state index contributed by atoms with van der Waals surface area (Å²) >= 11 is 0. The lowest BCUT2D eigenvalue weighted by Gasteiger charge is -2.26. The average molecular weight is 366 g/mol. The van der Waals surface area contributed by atoms with E-state index < -0.39 is 23.3 Å². The fourth-order valence-electron chi connectivity index (χ4n) is 2.98. The van der Waals surface area contributed by atoms with E-state index in [2.05, 4.69) is 4.85 Å². The Balaban J connectivity index is 2.90. The molecule has 0 fully saturated rings. The second-order valence-corrected chi connectivity index (χ2v) is 5.90. The van der Waals surface area contributed by atoms with E-state index in [0.717, 1.165) is 9.47 Å². The molecule has 0 atom stereocenters. The van der Waals surface area contributed by atoms with Crippen molar-refractivity contribution in [3.63, 3.8) is 0 Å². The predicted molar refractivity (Wildman–Crippen MR) is 97.7 cm³/mol. The molecule has 0 bridgehead atoms. The molecule has 2 heterocycles. The summed E-state index contributed by atoms with van der Waals surface area (Å²) < 4.78 is 1.03. The number of rotatable bonds is 3. The number of carbonyl (C=O) groups is 2. The van der Waals surface area contributed by atoms with Crippen LogP contribution in [0.3, 0.4) is 0 Å². The molecule has 0 aliphatic carbocycles. The number of hydrogen-bond donors (Lipinski definition) is 1. The SMILES string of the molecule is [C-]#[N+]c1c(C)c(/C=C2\C(=O)N(CC)C(=O)C(C#N)=C2C)c(=O)n(CC)c1O. The monoisotopic (exact) mass is 366 g/mol. The minimum absolute atomic E-state index is 0.0393. The van der Waals surface area contributed by atoms with E-state index in [4.69, 9.17) is 6.57 Å². The van der Waals surface area contributed by atoms with Crippen LogP contribution in [-0.2, 0) is 16.1 Å². The number of likely N-dealkylation sites (N-methyl/N-ethyl adjacent to an activating group) is 1. The quantitative estimate of drug-likeness (QED) is 0.500. The Morgan fingerprint density at radius 3 is 2.30 bits per heavy atom. The molecule has 0 spiro atoms. The van der Waals surface area contributed by atoms with Gasteiger partial charge >= 0.3 is 0 Å². The molecule has 1 aliphatic heterocycles. The van der Waals surface area contributed by atoms with E-state index in [1.807, 2.05) is 6.07 Å². The molecule has 0 saturated carbocycles. The average Bonchev–Trinajstić information content (AvgIpc) is 2.62. The summed E-state index contributed by atoms with van der Waals surface area (Å²) in [6.07, 6.45) is 1.29. The number of aromatic hydroxyl groups is 1. The highest BCUT2D eigenvalue weighted by molar-refractivity contribution is 6.19. The van der Waals surface area contributed by atoms with Crippen LogP contribution in [0.2, 0.25) is 0 Å². The summed E-state index contributed by atoms with van der Waals surface area (Å²) in [7, 11) is 0. The van der Waals surface area contributed by atoms with Crippen LogP contribution in [0.25, 0.3) is 10.9 Å². The van der Waals surface area contributed by atoms with Gasteiger partial charge in [0.2, 0.25) is 5.69 Å². The van der Waals surface area contributed by atoms with Crippen LogP contribution >= 0.6 is 0 Å². The number of nitrogens with zero attached hydrogens (tertiary/aromatic N) is 4. The third-order valence-electron chi connectivity index (χ3n) is 4.56. The van der Waals surface area contributed by atoms with Gasteiger partial charge in [-0.3, -0.25) is 23.9 Å². The molecule has 27 heavy (non-hydrogen) atoms. The minimum atomic E-state index is -0.671. The van der Waals surface area contributed by atoms with Crippen LogP contribution in [0.15, 0.2) is 21.5 Å². The molecule has 1 N–H and O–H groups in total. The minimum Gasteiger partial charge on any atom is -0.503 e. The lowest BCUT2D eigenvalue weighted by Crippen LogP contribution is -2.42. The third kappa shape index (κ3) is 2.91.